The molecule has 0 spiro atoms. The molecule has 0 radical (unpaired) electrons. The normalized spacial score (nSPS) is 20.8. The number of hydrogen-bond acceptors (Lipinski definition) is 3. The highest BCUT2D eigenvalue weighted by Crippen LogP contribution is 2.31. The average Bonchev–Trinajstić information content (AvgIpc) is 2.48. The quantitative estimate of drug-likeness (QED) is 0.921. The highest BCUT2D eigenvalue weighted by atomic mass is 16.5. The van der Waals surface area contributed by atoms with Crippen LogP contribution in [0, 0.1) is 0 Å². The molecule has 2 aliphatic rings. The van der Waals surface area contributed by atoms with Crippen molar-refractivity contribution in [2.75, 3.05) is 19.7 Å². The van der Waals surface area contributed by atoms with Crippen LogP contribution in [0.15, 0.2) is 18.2 Å². The highest BCUT2D eigenvalue weighted by molar-refractivity contribution is 5.75. The molecule has 0 saturated carbocycles. The molecule has 108 valence electrons. The number of rotatable bonds is 3. The summed E-state index contributed by atoms with van der Waals surface area (Å²) in [5, 5.41) is 9.61. The molecular formula is C16H21NO3. The Labute approximate surface area is 119 Å². The van der Waals surface area contributed by atoms with Crippen LogP contribution in [-0.2, 0) is 11.2 Å². The zero-order valence-electron chi connectivity index (χ0n) is 11.7. The molecule has 0 amide bonds. The van der Waals surface area contributed by atoms with E-state index in [-0.39, 0.29) is 0 Å². The van der Waals surface area contributed by atoms with Gasteiger partial charge in [0.25, 0.3) is 0 Å². The number of likely N-dealkylation sites (tertiary alicyclic amines) is 1. The van der Waals surface area contributed by atoms with Crippen LogP contribution in [0.3, 0.4) is 0 Å². The summed E-state index contributed by atoms with van der Waals surface area (Å²) < 4.78 is 5.60. The number of aliphatic carboxylic acids is 1. The smallest absolute Gasteiger partial charge is 0.325 e. The minimum Gasteiger partial charge on any atom is -0.493 e. The summed E-state index contributed by atoms with van der Waals surface area (Å²) in [4.78, 5) is 13.8. The number of piperidine rings is 1. The number of aryl methyl sites for hydroxylation is 1. The van der Waals surface area contributed by atoms with E-state index in [1.165, 1.54) is 6.42 Å². The molecular weight excluding hydrogens is 254 g/mol. The number of carboxylic acids is 1. The fraction of sp³-hybridized carbons (Fsp3) is 0.562. The van der Waals surface area contributed by atoms with Gasteiger partial charge in [0, 0.05) is 0 Å². The monoisotopic (exact) mass is 275 g/mol. The minimum absolute atomic E-state index is 0.512. The van der Waals surface area contributed by atoms with Crippen molar-refractivity contribution >= 4 is 5.97 Å². The van der Waals surface area contributed by atoms with Crippen molar-refractivity contribution in [3.8, 4) is 5.75 Å². The van der Waals surface area contributed by atoms with Gasteiger partial charge in [-0.05, 0) is 62.0 Å². The molecule has 0 aromatic heterocycles. The number of hydrogen-bond donors (Lipinski definition) is 1. The van der Waals surface area contributed by atoms with Crippen molar-refractivity contribution in [3.05, 3.63) is 29.3 Å². The molecule has 1 saturated heterocycles. The highest BCUT2D eigenvalue weighted by Gasteiger charge is 2.29. The van der Waals surface area contributed by atoms with Crippen LogP contribution in [0.2, 0.25) is 0 Å². The Kier molecular flexibility index (Phi) is 3.92. The SMILES string of the molecule is O=C(O)C(c1ccc2c(c1)CCCO2)N1CCCCC1. The van der Waals surface area contributed by atoms with Crippen molar-refractivity contribution < 1.29 is 14.6 Å². The molecule has 1 aromatic rings. The van der Waals surface area contributed by atoms with E-state index in [2.05, 4.69) is 4.90 Å². The van der Waals surface area contributed by atoms with Gasteiger partial charge >= 0.3 is 5.97 Å². The van der Waals surface area contributed by atoms with Crippen LogP contribution in [-0.4, -0.2) is 35.7 Å². The van der Waals surface area contributed by atoms with Gasteiger partial charge in [0.2, 0.25) is 0 Å². The van der Waals surface area contributed by atoms with E-state index < -0.39 is 12.0 Å². The standard InChI is InChI=1S/C16H21NO3/c18-16(19)15(17-8-2-1-3-9-17)13-6-7-14-12(11-13)5-4-10-20-14/h6-7,11,15H,1-5,8-10H2,(H,18,19). The van der Waals surface area contributed by atoms with Gasteiger partial charge in [-0.3, -0.25) is 9.69 Å². The number of ether oxygens (including phenoxy) is 1. The second-order valence-electron chi connectivity index (χ2n) is 5.66. The first-order valence-corrected chi connectivity index (χ1v) is 7.48. The van der Waals surface area contributed by atoms with Crippen LogP contribution in [0.4, 0.5) is 0 Å². The van der Waals surface area contributed by atoms with Crippen LogP contribution >= 0.6 is 0 Å². The Morgan fingerprint density at radius 2 is 2.00 bits per heavy atom. The van der Waals surface area contributed by atoms with E-state index in [0.717, 1.165) is 62.3 Å². The molecule has 1 atom stereocenters. The minimum atomic E-state index is -0.747. The zero-order valence-corrected chi connectivity index (χ0v) is 11.7. The van der Waals surface area contributed by atoms with Crippen molar-refractivity contribution in [3.63, 3.8) is 0 Å². The van der Waals surface area contributed by atoms with Crippen LogP contribution in [0.5, 0.6) is 5.75 Å². The lowest BCUT2D eigenvalue weighted by Gasteiger charge is -2.32. The van der Waals surface area contributed by atoms with Gasteiger partial charge in [0.1, 0.15) is 11.8 Å². The third-order valence-electron chi connectivity index (χ3n) is 4.24. The van der Waals surface area contributed by atoms with Gasteiger partial charge in [0.15, 0.2) is 0 Å². The van der Waals surface area contributed by atoms with E-state index in [9.17, 15) is 9.90 Å². The fourth-order valence-electron chi connectivity index (χ4n) is 3.24. The predicted molar refractivity (Wildman–Crippen MR) is 76.1 cm³/mol. The van der Waals surface area contributed by atoms with Crippen molar-refractivity contribution in [2.45, 2.75) is 38.1 Å². The Hall–Kier alpha value is -1.55. The molecule has 1 aromatic carbocycles. The Balaban J connectivity index is 1.88. The number of fused-ring (bicyclic) bond motifs is 1. The Bertz CT molecular complexity index is 494. The van der Waals surface area contributed by atoms with Crippen molar-refractivity contribution in [1.82, 2.24) is 4.90 Å². The third-order valence-corrected chi connectivity index (χ3v) is 4.24. The van der Waals surface area contributed by atoms with Gasteiger partial charge in [-0.2, -0.15) is 0 Å². The molecule has 0 bridgehead atoms. The molecule has 1 fully saturated rings. The summed E-state index contributed by atoms with van der Waals surface area (Å²) in [5.74, 6) is 0.173. The lowest BCUT2D eigenvalue weighted by Crippen LogP contribution is -2.38. The predicted octanol–water partition coefficient (Wildman–Crippen LogP) is 2.62. The van der Waals surface area contributed by atoms with Gasteiger partial charge in [-0.15, -0.1) is 0 Å². The van der Waals surface area contributed by atoms with Crippen LogP contribution in [0.1, 0.15) is 42.9 Å². The Morgan fingerprint density at radius 1 is 1.20 bits per heavy atom. The van der Waals surface area contributed by atoms with Gasteiger partial charge in [-0.1, -0.05) is 12.5 Å². The first kappa shape index (κ1) is 13.4. The third kappa shape index (κ3) is 2.66. The maximum absolute atomic E-state index is 11.7. The first-order valence-electron chi connectivity index (χ1n) is 7.48. The fourth-order valence-corrected chi connectivity index (χ4v) is 3.24. The number of nitrogens with zero attached hydrogens (tertiary/aromatic N) is 1. The molecule has 1 N–H and O–H groups in total. The first-order chi connectivity index (χ1) is 9.75. The number of carboxylic acid groups (broad SMARTS) is 1. The average molecular weight is 275 g/mol. The molecule has 1 unspecified atom stereocenters. The van der Waals surface area contributed by atoms with Gasteiger partial charge in [0.05, 0.1) is 6.61 Å². The molecule has 4 nitrogen and oxygen atoms in total. The summed E-state index contributed by atoms with van der Waals surface area (Å²) in [7, 11) is 0. The summed E-state index contributed by atoms with van der Waals surface area (Å²) in [6.45, 7) is 2.52. The summed E-state index contributed by atoms with van der Waals surface area (Å²) in [6, 6.07) is 5.37. The second kappa shape index (κ2) is 5.83. The molecule has 4 heteroatoms. The summed E-state index contributed by atoms with van der Waals surface area (Å²) in [6.07, 6.45) is 5.39. The van der Waals surface area contributed by atoms with Crippen LogP contribution in [0.25, 0.3) is 0 Å². The molecule has 20 heavy (non-hydrogen) atoms. The summed E-state index contributed by atoms with van der Waals surface area (Å²) >= 11 is 0. The zero-order chi connectivity index (χ0) is 13.9. The lowest BCUT2D eigenvalue weighted by atomic mass is 9.97. The summed E-state index contributed by atoms with van der Waals surface area (Å²) in [5.41, 5.74) is 2.04. The van der Waals surface area contributed by atoms with E-state index in [1.54, 1.807) is 0 Å². The molecule has 2 heterocycles. The van der Waals surface area contributed by atoms with Crippen molar-refractivity contribution in [2.24, 2.45) is 0 Å². The topological polar surface area (TPSA) is 49.8 Å². The molecule has 0 aliphatic carbocycles. The number of benzene rings is 1. The van der Waals surface area contributed by atoms with E-state index in [0.29, 0.717) is 0 Å². The van der Waals surface area contributed by atoms with E-state index in [4.69, 9.17) is 4.74 Å². The maximum atomic E-state index is 11.7. The second-order valence-corrected chi connectivity index (χ2v) is 5.66. The van der Waals surface area contributed by atoms with Crippen LogP contribution < -0.4 is 4.74 Å². The van der Waals surface area contributed by atoms with Crippen molar-refractivity contribution in [1.29, 1.82) is 0 Å². The van der Waals surface area contributed by atoms with E-state index >= 15 is 0 Å². The van der Waals surface area contributed by atoms with Gasteiger partial charge < -0.3 is 9.84 Å². The van der Waals surface area contributed by atoms with E-state index in [1.807, 2.05) is 18.2 Å². The number of carbonyl (C=O) groups is 1. The largest absolute Gasteiger partial charge is 0.493 e. The molecule has 3 rings (SSSR count). The lowest BCUT2D eigenvalue weighted by molar-refractivity contribution is -0.144. The van der Waals surface area contributed by atoms with Gasteiger partial charge in [-0.25, -0.2) is 0 Å². The molecule has 2 aliphatic heterocycles. The Morgan fingerprint density at radius 3 is 2.75 bits per heavy atom. The maximum Gasteiger partial charge on any atom is 0.325 e.